The van der Waals surface area contributed by atoms with Gasteiger partial charge in [-0.05, 0) is 44.9 Å². The normalized spacial score (nSPS) is 14.7. The summed E-state index contributed by atoms with van der Waals surface area (Å²) in [7, 11) is 1.57. The Kier molecular flexibility index (Phi) is 36.4. The average Bonchev–Trinajstić information content (AvgIpc) is 3.12. The minimum absolute atomic E-state index is 0.0617. The number of hydrogen-bond donors (Lipinski definition) is 3. The van der Waals surface area contributed by atoms with Crippen molar-refractivity contribution in [2.75, 3.05) is 40.9 Å². The number of unbranched alkanes of at least 4 members (excludes halogenated alkanes) is 23. The highest BCUT2D eigenvalue weighted by molar-refractivity contribution is 7.47. The van der Waals surface area contributed by atoms with Crippen LogP contribution in [-0.4, -0.2) is 73.4 Å². The van der Waals surface area contributed by atoms with Crippen molar-refractivity contribution >= 4 is 13.7 Å². The minimum Gasteiger partial charge on any atom is -0.387 e. The Bertz CT molecular complexity index is 980. The van der Waals surface area contributed by atoms with E-state index >= 15 is 0 Å². The SMILES string of the molecule is CC/C=C\C/C=C\CCCCCCCCCCCCCCCCC(=O)NC(COP(=O)(O)OCC[N+](C)(C)C)C(O)/C=C/CCCCCCCCCCC. The van der Waals surface area contributed by atoms with Gasteiger partial charge in [0, 0.05) is 6.42 Å². The number of nitrogens with zero attached hydrogens (tertiary/aromatic N) is 1. The molecule has 0 aromatic rings. The summed E-state index contributed by atoms with van der Waals surface area (Å²) < 4.78 is 23.5. The van der Waals surface area contributed by atoms with Crippen LogP contribution >= 0.6 is 7.82 Å². The summed E-state index contributed by atoms with van der Waals surface area (Å²) in [6, 6.07) is -0.843. The molecule has 0 aromatic heterocycles. The highest BCUT2D eigenvalue weighted by atomic mass is 31.2. The number of quaternary nitrogens is 1. The van der Waals surface area contributed by atoms with Gasteiger partial charge in [-0.25, -0.2) is 4.57 Å². The van der Waals surface area contributed by atoms with Crippen molar-refractivity contribution in [1.29, 1.82) is 0 Å². The fourth-order valence-electron chi connectivity index (χ4n) is 6.31. The van der Waals surface area contributed by atoms with E-state index in [1.54, 1.807) is 6.08 Å². The molecule has 0 aliphatic heterocycles. The van der Waals surface area contributed by atoms with Gasteiger partial charge in [0.25, 0.3) is 0 Å². The number of amides is 1. The molecule has 0 bridgehead atoms. The molecule has 0 spiro atoms. The molecule has 54 heavy (non-hydrogen) atoms. The topological polar surface area (TPSA) is 105 Å². The minimum atomic E-state index is -4.33. The Labute approximate surface area is 334 Å². The molecule has 0 saturated carbocycles. The van der Waals surface area contributed by atoms with Gasteiger partial charge < -0.3 is 19.8 Å². The molecule has 0 aromatic carbocycles. The van der Waals surface area contributed by atoms with Crippen LogP contribution in [0.25, 0.3) is 0 Å². The summed E-state index contributed by atoms with van der Waals surface area (Å²) in [6.07, 6.45) is 45.0. The first-order valence-corrected chi connectivity index (χ1v) is 23.9. The summed E-state index contributed by atoms with van der Waals surface area (Å²) in [5.41, 5.74) is 0. The highest BCUT2D eigenvalue weighted by Gasteiger charge is 2.27. The third-order valence-electron chi connectivity index (χ3n) is 9.87. The maximum atomic E-state index is 12.9. The van der Waals surface area contributed by atoms with Crippen molar-refractivity contribution in [2.24, 2.45) is 0 Å². The summed E-state index contributed by atoms with van der Waals surface area (Å²) in [5, 5.41) is 13.8. The lowest BCUT2D eigenvalue weighted by Gasteiger charge is -2.25. The van der Waals surface area contributed by atoms with E-state index in [0.29, 0.717) is 17.4 Å². The Morgan fingerprint density at radius 3 is 1.61 bits per heavy atom. The van der Waals surface area contributed by atoms with E-state index in [0.717, 1.165) is 51.4 Å². The maximum absolute atomic E-state index is 12.9. The van der Waals surface area contributed by atoms with Crippen LogP contribution in [0.3, 0.4) is 0 Å². The van der Waals surface area contributed by atoms with Gasteiger partial charge in [-0.3, -0.25) is 13.8 Å². The highest BCUT2D eigenvalue weighted by Crippen LogP contribution is 2.43. The van der Waals surface area contributed by atoms with E-state index < -0.39 is 20.0 Å². The van der Waals surface area contributed by atoms with Crippen molar-refractivity contribution < 1.29 is 32.9 Å². The summed E-state index contributed by atoms with van der Waals surface area (Å²) in [4.78, 5) is 23.1. The molecule has 3 N–H and O–H groups in total. The van der Waals surface area contributed by atoms with Crippen molar-refractivity contribution in [3.05, 3.63) is 36.5 Å². The molecule has 1 amide bonds. The third-order valence-corrected chi connectivity index (χ3v) is 10.9. The second-order valence-electron chi connectivity index (χ2n) is 16.4. The van der Waals surface area contributed by atoms with E-state index in [1.165, 1.54) is 122 Å². The largest absolute Gasteiger partial charge is 0.472 e. The molecular weight excluding hydrogens is 695 g/mol. The van der Waals surface area contributed by atoms with Gasteiger partial charge in [0.1, 0.15) is 13.2 Å². The van der Waals surface area contributed by atoms with Crippen LogP contribution in [0, 0.1) is 0 Å². The second kappa shape index (κ2) is 37.3. The van der Waals surface area contributed by atoms with Crippen LogP contribution in [0.15, 0.2) is 36.5 Å². The number of aliphatic hydroxyl groups excluding tert-OH is 1. The molecule has 0 aliphatic rings. The zero-order valence-electron chi connectivity index (χ0n) is 36.0. The number of rotatable bonds is 40. The first-order valence-electron chi connectivity index (χ1n) is 22.4. The van der Waals surface area contributed by atoms with Crippen LogP contribution in [0.5, 0.6) is 0 Å². The van der Waals surface area contributed by atoms with E-state index in [4.69, 9.17) is 9.05 Å². The van der Waals surface area contributed by atoms with Gasteiger partial charge in [-0.1, -0.05) is 179 Å². The first-order chi connectivity index (χ1) is 26.0. The van der Waals surface area contributed by atoms with Crippen LogP contribution in [0.2, 0.25) is 0 Å². The van der Waals surface area contributed by atoms with E-state index in [2.05, 4.69) is 43.5 Å². The molecule has 8 nitrogen and oxygen atoms in total. The smallest absolute Gasteiger partial charge is 0.387 e. The fraction of sp³-hybridized carbons (Fsp3) is 0.844. The predicted octanol–water partition coefficient (Wildman–Crippen LogP) is 12.3. The van der Waals surface area contributed by atoms with Gasteiger partial charge >= 0.3 is 7.82 Å². The third kappa shape index (κ3) is 39.0. The number of aliphatic hydroxyl groups is 1. The number of carbonyl (C=O) groups excluding carboxylic acids is 1. The molecule has 0 rings (SSSR count). The van der Waals surface area contributed by atoms with Crippen LogP contribution in [0.4, 0.5) is 0 Å². The van der Waals surface area contributed by atoms with E-state index in [9.17, 15) is 19.4 Å². The second-order valence-corrected chi connectivity index (χ2v) is 17.9. The van der Waals surface area contributed by atoms with Gasteiger partial charge in [0.15, 0.2) is 0 Å². The Balaban J connectivity index is 4.28. The predicted molar refractivity (Wildman–Crippen MR) is 231 cm³/mol. The van der Waals surface area contributed by atoms with Gasteiger partial charge in [0.05, 0.1) is 39.9 Å². The molecule has 0 fully saturated rings. The summed E-state index contributed by atoms with van der Waals surface area (Å²) in [5.74, 6) is -0.180. The number of likely N-dealkylation sites (N-methyl/N-ethyl adjacent to an activating group) is 1. The maximum Gasteiger partial charge on any atom is 0.472 e. The van der Waals surface area contributed by atoms with Crippen molar-refractivity contribution in [3.8, 4) is 0 Å². The monoisotopic (exact) mass is 784 g/mol. The van der Waals surface area contributed by atoms with E-state index in [-0.39, 0.29) is 19.1 Å². The number of carbonyl (C=O) groups is 1. The first kappa shape index (κ1) is 52.7. The summed E-state index contributed by atoms with van der Waals surface area (Å²) >= 11 is 0. The molecular formula is C45H88N2O6P+. The standard InChI is InChI=1S/C45H87N2O6P/c1-6-8-10-12-14-16-18-19-20-21-22-23-24-25-26-27-29-31-33-35-37-39-45(49)46-43(42-53-54(50,51)52-41-40-47(3,4)5)44(48)38-36-34-32-30-28-17-15-13-11-9-7-2/h8,10,14,16,36,38,43-44,48H,6-7,9,11-13,15,17-35,37,39-42H2,1-5H3,(H-,46,49,50,51)/p+1/b10-8-,16-14-,38-36+. The molecule has 3 atom stereocenters. The molecule has 3 unspecified atom stereocenters. The van der Waals surface area contributed by atoms with Crippen LogP contribution in [-0.2, 0) is 18.4 Å². The van der Waals surface area contributed by atoms with Crippen molar-refractivity contribution in [1.82, 2.24) is 5.32 Å². The molecule has 318 valence electrons. The average molecular weight is 784 g/mol. The summed E-state index contributed by atoms with van der Waals surface area (Å²) in [6.45, 7) is 4.70. The Morgan fingerprint density at radius 2 is 1.11 bits per heavy atom. The van der Waals surface area contributed by atoms with Crippen molar-refractivity contribution in [3.63, 3.8) is 0 Å². The Hall–Kier alpha value is -1.28. The van der Waals surface area contributed by atoms with Gasteiger partial charge in [-0.2, -0.15) is 0 Å². The van der Waals surface area contributed by atoms with Gasteiger partial charge in [0.2, 0.25) is 5.91 Å². The number of hydrogen-bond acceptors (Lipinski definition) is 5. The quantitative estimate of drug-likeness (QED) is 0.0247. The Morgan fingerprint density at radius 1 is 0.648 bits per heavy atom. The van der Waals surface area contributed by atoms with Gasteiger partial charge in [-0.15, -0.1) is 0 Å². The zero-order chi connectivity index (χ0) is 40.0. The van der Waals surface area contributed by atoms with Crippen LogP contribution in [0.1, 0.15) is 194 Å². The number of allylic oxidation sites excluding steroid dienone is 5. The number of nitrogens with one attached hydrogen (secondary N) is 1. The number of phosphoric ester groups is 1. The zero-order valence-corrected chi connectivity index (χ0v) is 36.9. The lowest BCUT2D eigenvalue weighted by Crippen LogP contribution is -2.45. The van der Waals surface area contributed by atoms with Crippen molar-refractivity contribution in [2.45, 2.75) is 206 Å². The molecule has 0 aliphatic carbocycles. The number of phosphoric acid groups is 1. The van der Waals surface area contributed by atoms with Crippen LogP contribution < -0.4 is 5.32 Å². The van der Waals surface area contributed by atoms with E-state index in [1.807, 2.05) is 27.2 Å². The lowest BCUT2D eigenvalue weighted by molar-refractivity contribution is -0.870. The molecule has 0 saturated heterocycles. The fourth-order valence-corrected chi connectivity index (χ4v) is 7.05. The molecule has 0 radical (unpaired) electrons. The molecule has 0 heterocycles. The molecule has 9 heteroatoms. The lowest BCUT2D eigenvalue weighted by atomic mass is 10.0.